The summed E-state index contributed by atoms with van der Waals surface area (Å²) in [5.74, 6) is -1.77. The average molecular weight is 300 g/mol. The number of hydrogen-bond donors (Lipinski definition) is 3. The van der Waals surface area contributed by atoms with Crippen molar-refractivity contribution in [2.24, 2.45) is 5.10 Å². The molecule has 0 bridgehead atoms. The molecule has 0 radical (unpaired) electrons. The van der Waals surface area contributed by atoms with Crippen LogP contribution in [0, 0.1) is 6.92 Å². The van der Waals surface area contributed by atoms with Crippen LogP contribution in [0.1, 0.15) is 32.1 Å². The van der Waals surface area contributed by atoms with Crippen molar-refractivity contribution in [2.45, 2.75) is 6.92 Å². The van der Waals surface area contributed by atoms with E-state index in [0.29, 0.717) is 11.3 Å². The van der Waals surface area contributed by atoms with E-state index >= 15 is 0 Å². The predicted molar refractivity (Wildman–Crippen MR) is 78.1 cm³/mol. The monoisotopic (exact) mass is 300 g/mol. The molecule has 1 aromatic heterocycles. The molecule has 2 aromatic rings. The fourth-order valence-corrected chi connectivity index (χ4v) is 1.72. The number of aryl methyl sites for hydroxylation is 1. The van der Waals surface area contributed by atoms with Crippen molar-refractivity contribution in [2.75, 3.05) is 0 Å². The fourth-order valence-electron chi connectivity index (χ4n) is 1.72. The number of carboxylic acids is 1. The Kier molecular flexibility index (Phi) is 4.42. The Bertz CT molecular complexity index is 810. The topological polar surface area (TPSA) is 125 Å². The first-order chi connectivity index (χ1) is 10.5. The molecular weight excluding hydrogens is 288 g/mol. The van der Waals surface area contributed by atoms with Crippen molar-refractivity contribution in [3.05, 3.63) is 63.3 Å². The highest BCUT2D eigenvalue weighted by Crippen LogP contribution is 2.05. The molecule has 8 nitrogen and oxygen atoms in total. The molecule has 0 saturated carbocycles. The number of carbonyl (C=O) groups is 2. The Morgan fingerprint density at radius 1 is 1.36 bits per heavy atom. The summed E-state index contributed by atoms with van der Waals surface area (Å²) < 4.78 is 0. The van der Waals surface area contributed by atoms with Crippen LogP contribution in [-0.4, -0.2) is 33.2 Å². The van der Waals surface area contributed by atoms with Crippen molar-refractivity contribution >= 4 is 18.1 Å². The number of H-pyrrole nitrogens is 1. The molecule has 3 N–H and O–H groups in total. The SMILES string of the molecule is Cc1cc(C(=O)N/N=C/c2ccccc2C(=O)O)nc(=O)[nH]1. The van der Waals surface area contributed by atoms with E-state index < -0.39 is 17.6 Å². The third-order valence-corrected chi connectivity index (χ3v) is 2.67. The number of carboxylic acid groups (broad SMARTS) is 1. The third kappa shape index (κ3) is 3.63. The lowest BCUT2D eigenvalue weighted by atomic mass is 10.1. The van der Waals surface area contributed by atoms with Crippen molar-refractivity contribution in [3.8, 4) is 0 Å². The highest BCUT2D eigenvalue weighted by atomic mass is 16.4. The van der Waals surface area contributed by atoms with Gasteiger partial charge in [0.15, 0.2) is 0 Å². The number of amides is 1. The van der Waals surface area contributed by atoms with Gasteiger partial charge in [-0.1, -0.05) is 18.2 Å². The molecule has 0 atom stereocenters. The Labute approximate surface area is 124 Å². The summed E-state index contributed by atoms with van der Waals surface area (Å²) in [6, 6.07) is 7.61. The lowest BCUT2D eigenvalue weighted by molar-refractivity contribution is 0.0696. The van der Waals surface area contributed by atoms with E-state index in [2.05, 4.69) is 20.5 Å². The van der Waals surface area contributed by atoms with Gasteiger partial charge in [0.05, 0.1) is 11.8 Å². The van der Waals surface area contributed by atoms with Gasteiger partial charge in [0.25, 0.3) is 5.91 Å². The molecule has 0 aliphatic heterocycles. The van der Waals surface area contributed by atoms with E-state index in [1.807, 2.05) is 0 Å². The zero-order valence-electron chi connectivity index (χ0n) is 11.5. The van der Waals surface area contributed by atoms with Gasteiger partial charge in [-0.05, 0) is 19.1 Å². The Morgan fingerprint density at radius 3 is 2.77 bits per heavy atom. The zero-order valence-corrected chi connectivity index (χ0v) is 11.5. The van der Waals surface area contributed by atoms with Crippen LogP contribution in [0.2, 0.25) is 0 Å². The van der Waals surface area contributed by atoms with Crippen molar-refractivity contribution in [1.29, 1.82) is 0 Å². The van der Waals surface area contributed by atoms with Crippen LogP contribution in [0.4, 0.5) is 0 Å². The minimum absolute atomic E-state index is 0.0608. The van der Waals surface area contributed by atoms with Gasteiger partial charge in [-0.3, -0.25) is 4.79 Å². The molecule has 22 heavy (non-hydrogen) atoms. The molecule has 8 heteroatoms. The molecular formula is C14H12N4O4. The number of nitrogens with zero attached hydrogens (tertiary/aromatic N) is 2. The lowest BCUT2D eigenvalue weighted by Gasteiger charge is -2.01. The number of carbonyl (C=O) groups excluding carboxylic acids is 1. The van der Waals surface area contributed by atoms with E-state index in [0.717, 1.165) is 0 Å². The van der Waals surface area contributed by atoms with Crippen LogP contribution in [-0.2, 0) is 0 Å². The number of aromatic nitrogens is 2. The molecule has 1 heterocycles. The van der Waals surface area contributed by atoms with Crippen LogP contribution in [0.25, 0.3) is 0 Å². The molecule has 0 aliphatic carbocycles. The average Bonchev–Trinajstić information content (AvgIpc) is 2.46. The highest BCUT2D eigenvalue weighted by molar-refractivity contribution is 5.99. The van der Waals surface area contributed by atoms with E-state index in [1.165, 1.54) is 18.3 Å². The standard InChI is InChI=1S/C14H12N4O4/c1-8-6-11(17-14(22)16-8)12(19)18-15-7-9-4-2-3-5-10(9)13(20)21/h2-7H,1H3,(H,18,19)(H,20,21)(H,16,17,22)/b15-7+. The number of rotatable bonds is 4. The Morgan fingerprint density at radius 2 is 2.09 bits per heavy atom. The van der Waals surface area contributed by atoms with E-state index in [1.54, 1.807) is 25.1 Å². The summed E-state index contributed by atoms with van der Waals surface area (Å²) in [7, 11) is 0. The van der Waals surface area contributed by atoms with Crippen LogP contribution in [0.15, 0.2) is 40.2 Å². The van der Waals surface area contributed by atoms with Crippen LogP contribution >= 0.6 is 0 Å². The first-order valence-corrected chi connectivity index (χ1v) is 6.21. The second-order valence-electron chi connectivity index (χ2n) is 4.35. The Balaban J connectivity index is 2.14. The van der Waals surface area contributed by atoms with E-state index in [9.17, 15) is 14.4 Å². The third-order valence-electron chi connectivity index (χ3n) is 2.67. The summed E-state index contributed by atoms with van der Waals surface area (Å²) >= 11 is 0. The molecule has 1 amide bonds. The second-order valence-corrected chi connectivity index (χ2v) is 4.35. The van der Waals surface area contributed by atoms with Gasteiger partial charge in [0.2, 0.25) is 0 Å². The van der Waals surface area contributed by atoms with Crippen molar-refractivity contribution in [3.63, 3.8) is 0 Å². The number of hydrazone groups is 1. The van der Waals surface area contributed by atoms with Gasteiger partial charge in [-0.15, -0.1) is 0 Å². The number of aromatic carboxylic acids is 1. The highest BCUT2D eigenvalue weighted by Gasteiger charge is 2.09. The second kappa shape index (κ2) is 6.44. The van der Waals surface area contributed by atoms with Crippen molar-refractivity contribution < 1.29 is 14.7 Å². The quantitative estimate of drug-likeness (QED) is 0.561. The molecule has 2 rings (SSSR count). The number of benzene rings is 1. The van der Waals surface area contributed by atoms with Gasteiger partial charge >= 0.3 is 11.7 Å². The van der Waals surface area contributed by atoms with E-state index in [4.69, 9.17) is 5.11 Å². The summed E-state index contributed by atoms with van der Waals surface area (Å²) in [4.78, 5) is 39.9. The number of hydrogen-bond acceptors (Lipinski definition) is 5. The van der Waals surface area contributed by atoms with Gasteiger partial charge < -0.3 is 10.1 Å². The molecule has 0 fully saturated rings. The van der Waals surface area contributed by atoms with Crippen molar-refractivity contribution in [1.82, 2.24) is 15.4 Å². The van der Waals surface area contributed by atoms with Gasteiger partial charge in [0.1, 0.15) is 5.69 Å². The lowest BCUT2D eigenvalue weighted by Crippen LogP contribution is -2.24. The van der Waals surface area contributed by atoms with Crippen LogP contribution in [0.5, 0.6) is 0 Å². The smallest absolute Gasteiger partial charge is 0.345 e. The minimum atomic E-state index is -1.10. The first kappa shape index (κ1) is 15.1. The van der Waals surface area contributed by atoms with Crippen LogP contribution < -0.4 is 11.1 Å². The molecule has 1 aromatic carbocycles. The summed E-state index contributed by atoms with van der Waals surface area (Å²) in [5.41, 5.74) is 2.37. The number of nitrogens with one attached hydrogen (secondary N) is 2. The van der Waals surface area contributed by atoms with E-state index in [-0.39, 0.29) is 11.3 Å². The molecule has 0 unspecified atom stereocenters. The first-order valence-electron chi connectivity index (χ1n) is 6.21. The van der Waals surface area contributed by atoms with Crippen LogP contribution in [0.3, 0.4) is 0 Å². The van der Waals surface area contributed by atoms with Gasteiger partial charge in [0, 0.05) is 11.3 Å². The maximum atomic E-state index is 11.8. The summed E-state index contributed by atoms with van der Waals surface area (Å²) in [6.07, 6.45) is 1.21. The van der Waals surface area contributed by atoms with Gasteiger partial charge in [-0.25, -0.2) is 15.0 Å². The Hall–Kier alpha value is -3.29. The molecule has 0 spiro atoms. The minimum Gasteiger partial charge on any atom is -0.478 e. The largest absolute Gasteiger partial charge is 0.478 e. The predicted octanol–water partition coefficient (Wildman–Crippen LogP) is 0.540. The molecule has 0 aliphatic rings. The summed E-state index contributed by atoms with van der Waals surface area (Å²) in [6.45, 7) is 1.62. The maximum Gasteiger partial charge on any atom is 0.345 e. The summed E-state index contributed by atoms with van der Waals surface area (Å²) in [5, 5.41) is 12.7. The molecule has 0 saturated heterocycles. The zero-order chi connectivity index (χ0) is 16.1. The maximum absolute atomic E-state index is 11.8. The van der Waals surface area contributed by atoms with Gasteiger partial charge in [-0.2, -0.15) is 10.1 Å². The fraction of sp³-hybridized carbons (Fsp3) is 0.0714. The molecule has 112 valence electrons. The number of aromatic amines is 1. The normalized spacial score (nSPS) is 10.6.